The van der Waals surface area contributed by atoms with Gasteiger partial charge in [-0.1, -0.05) is 36.2 Å². The second-order valence-electron chi connectivity index (χ2n) is 4.30. The predicted octanol–water partition coefficient (Wildman–Crippen LogP) is 4.32. The predicted molar refractivity (Wildman–Crippen MR) is 80.3 cm³/mol. The molecule has 98 valence electrons. The van der Waals surface area contributed by atoms with Crippen LogP contribution in [0.5, 0.6) is 0 Å². The van der Waals surface area contributed by atoms with E-state index in [4.69, 9.17) is 29.6 Å². The zero-order chi connectivity index (χ0) is 13.4. The maximum atomic E-state index is 6.19. The zero-order valence-corrected chi connectivity index (χ0v) is 12.2. The maximum absolute atomic E-state index is 6.19. The first kappa shape index (κ1) is 15.4. The summed E-state index contributed by atoms with van der Waals surface area (Å²) in [6, 6.07) is 5.95. The monoisotopic (exact) mass is 283 g/mol. The lowest BCUT2D eigenvalue weighted by Crippen LogP contribution is -2.31. The Morgan fingerprint density at radius 3 is 2.56 bits per heavy atom. The molecule has 0 bridgehead atoms. The van der Waals surface area contributed by atoms with Crippen molar-refractivity contribution in [1.82, 2.24) is 5.32 Å². The fourth-order valence-electron chi connectivity index (χ4n) is 1.86. The van der Waals surface area contributed by atoms with Crippen LogP contribution in [0, 0.1) is 12.3 Å². The van der Waals surface area contributed by atoms with Crippen LogP contribution in [-0.4, -0.2) is 12.6 Å². The molecule has 0 heterocycles. The number of nitrogens with one attached hydrogen (secondary N) is 1. The summed E-state index contributed by atoms with van der Waals surface area (Å²) in [5, 5.41) is 4.95. The first-order chi connectivity index (χ1) is 8.69. The van der Waals surface area contributed by atoms with Gasteiger partial charge in [-0.15, -0.1) is 12.3 Å². The summed E-state index contributed by atoms with van der Waals surface area (Å²) in [4.78, 5) is 0. The minimum Gasteiger partial charge on any atom is -0.314 e. The van der Waals surface area contributed by atoms with Crippen LogP contribution in [0.15, 0.2) is 18.2 Å². The third-order valence-corrected chi connectivity index (χ3v) is 3.54. The van der Waals surface area contributed by atoms with Crippen molar-refractivity contribution in [2.24, 2.45) is 0 Å². The van der Waals surface area contributed by atoms with Gasteiger partial charge in [0.15, 0.2) is 0 Å². The highest BCUT2D eigenvalue weighted by molar-refractivity contribution is 6.35. The summed E-state index contributed by atoms with van der Waals surface area (Å²) in [7, 11) is 0. The Morgan fingerprint density at radius 2 is 2.00 bits per heavy atom. The van der Waals surface area contributed by atoms with Gasteiger partial charge in [0.2, 0.25) is 0 Å². The third kappa shape index (κ3) is 4.90. The highest BCUT2D eigenvalue weighted by atomic mass is 35.5. The number of hydrogen-bond donors (Lipinski definition) is 1. The summed E-state index contributed by atoms with van der Waals surface area (Å²) >= 11 is 12.4. The molecule has 0 aliphatic carbocycles. The van der Waals surface area contributed by atoms with Crippen molar-refractivity contribution < 1.29 is 0 Å². The summed E-state index contributed by atoms with van der Waals surface area (Å²) < 4.78 is 0. The van der Waals surface area contributed by atoms with Crippen molar-refractivity contribution in [2.45, 2.75) is 38.6 Å². The van der Waals surface area contributed by atoms with Crippen LogP contribution in [0.3, 0.4) is 0 Å². The van der Waals surface area contributed by atoms with E-state index in [1.807, 2.05) is 18.2 Å². The lowest BCUT2D eigenvalue weighted by atomic mass is 10.0. The van der Waals surface area contributed by atoms with Gasteiger partial charge in [-0.25, -0.2) is 0 Å². The third-order valence-electron chi connectivity index (χ3n) is 2.83. The molecule has 0 spiro atoms. The van der Waals surface area contributed by atoms with E-state index in [-0.39, 0.29) is 0 Å². The van der Waals surface area contributed by atoms with Crippen molar-refractivity contribution in [3.05, 3.63) is 33.8 Å². The molecule has 1 atom stereocenters. The van der Waals surface area contributed by atoms with Crippen LogP contribution < -0.4 is 5.32 Å². The van der Waals surface area contributed by atoms with Gasteiger partial charge in [0.1, 0.15) is 0 Å². The summed E-state index contributed by atoms with van der Waals surface area (Å²) in [6.45, 7) is 3.13. The highest BCUT2D eigenvalue weighted by Gasteiger charge is 2.13. The Labute approximate surface area is 120 Å². The number of halogens is 2. The Kier molecular flexibility index (Phi) is 7.20. The second kappa shape index (κ2) is 8.43. The van der Waals surface area contributed by atoms with E-state index in [9.17, 15) is 0 Å². The molecule has 0 aliphatic rings. The van der Waals surface area contributed by atoms with E-state index < -0.39 is 0 Å². The average Bonchev–Trinajstić information content (AvgIpc) is 2.36. The van der Waals surface area contributed by atoms with Crippen molar-refractivity contribution >= 4 is 23.2 Å². The molecule has 0 saturated carbocycles. The van der Waals surface area contributed by atoms with Crippen molar-refractivity contribution in [2.75, 3.05) is 6.54 Å². The van der Waals surface area contributed by atoms with Crippen molar-refractivity contribution in [3.8, 4) is 12.3 Å². The van der Waals surface area contributed by atoms with Gasteiger partial charge >= 0.3 is 0 Å². The van der Waals surface area contributed by atoms with Gasteiger partial charge in [-0.3, -0.25) is 0 Å². The van der Waals surface area contributed by atoms with E-state index in [1.165, 1.54) is 0 Å². The van der Waals surface area contributed by atoms with Crippen LogP contribution >= 0.6 is 23.2 Å². The maximum Gasteiger partial charge on any atom is 0.0453 e. The topological polar surface area (TPSA) is 12.0 Å². The smallest absolute Gasteiger partial charge is 0.0453 e. The molecule has 3 heteroatoms. The van der Waals surface area contributed by atoms with Gasteiger partial charge < -0.3 is 5.32 Å². The lowest BCUT2D eigenvalue weighted by Gasteiger charge is -2.19. The van der Waals surface area contributed by atoms with Crippen LogP contribution in [0.2, 0.25) is 10.0 Å². The minimum atomic E-state index is 0.332. The Hall–Kier alpha value is -0.680. The lowest BCUT2D eigenvalue weighted by molar-refractivity contribution is 0.483. The first-order valence-electron chi connectivity index (χ1n) is 6.28. The first-order valence-corrected chi connectivity index (χ1v) is 7.04. The fraction of sp³-hybridized carbons (Fsp3) is 0.467. The van der Waals surface area contributed by atoms with Crippen LogP contribution in [0.1, 0.15) is 31.7 Å². The molecule has 0 aliphatic heterocycles. The van der Waals surface area contributed by atoms with Gasteiger partial charge in [0.05, 0.1) is 0 Å². The molecule has 1 rings (SSSR count). The van der Waals surface area contributed by atoms with E-state index in [1.54, 1.807) is 0 Å². The molecular weight excluding hydrogens is 265 g/mol. The van der Waals surface area contributed by atoms with Crippen molar-refractivity contribution in [1.29, 1.82) is 0 Å². The number of terminal acetylenes is 1. The molecular formula is C15H19Cl2N. The Morgan fingerprint density at radius 1 is 1.33 bits per heavy atom. The fourth-order valence-corrected chi connectivity index (χ4v) is 2.41. The molecule has 1 nitrogen and oxygen atoms in total. The SMILES string of the molecule is C#CCCC(Cc1c(Cl)cccc1Cl)NCCC. The number of benzene rings is 1. The van der Waals surface area contributed by atoms with Gasteiger partial charge in [-0.05, 0) is 43.5 Å². The van der Waals surface area contributed by atoms with E-state index >= 15 is 0 Å². The zero-order valence-electron chi connectivity index (χ0n) is 10.7. The van der Waals surface area contributed by atoms with Crippen LogP contribution in [-0.2, 0) is 6.42 Å². The standard InChI is InChI=1S/C15H19Cl2N/c1-3-5-7-12(18-10-4-2)11-13-14(16)8-6-9-15(13)17/h1,6,8-9,12,18H,4-5,7,10-11H2,2H3. The largest absolute Gasteiger partial charge is 0.314 e. The molecule has 0 aromatic heterocycles. The van der Waals surface area contributed by atoms with E-state index in [2.05, 4.69) is 18.2 Å². The molecule has 0 radical (unpaired) electrons. The van der Waals surface area contributed by atoms with Crippen LogP contribution in [0.25, 0.3) is 0 Å². The molecule has 1 aromatic carbocycles. The summed E-state index contributed by atoms with van der Waals surface area (Å²) in [5.74, 6) is 2.68. The van der Waals surface area contributed by atoms with E-state index in [0.29, 0.717) is 6.04 Å². The second-order valence-corrected chi connectivity index (χ2v) is 5.11. The summed E-state index contributed by atoms with van der Waals surface area (Å²) in [6.07, 6.45) is 8.96. The van der Waals surface area contributed by atoms with Crippen LogP contribution in [0.4, 0.5) is 0 Å². The molecule has 1 aromatic rings. The van der Waals surface area contributed by atoms with Crippen molar-refractivity contribution in [3.63, 3.8) is 0 Å². The molecule has 1 unspecified atom stereocenters. The minimum absolute atomic E-state index is 0.332. The van der Waals surface area contributed by atoms with Gasteiger partial charge in [0, 0.05) is 22.5 Å². The average molecular weight is 284 g/mol. The Balaban J connectivity index is 2.72. The quantitative estimate of drug-likeness (QED) is 0.735. The normalized spacial score (nSPS) is 12.1. The Bertz CT molecular complexity index is 389. The van der Waals surface area contributed by atoms with Gasteiger partial charge in [0.25, 0.3) is 0 Å². The molecule has 0 fully saturated rings. The highest BCUT2D eigenvalue weighted by Crippen LogP contribution is 2.26. The number of rotatable bonds is 7. The molecule has 0 amide bonds. The summed E-state index contributed by atoms with van der Waals surface area (Å²) in [5.41, 5.74) is 1.01. The molecule has 1 N–H and O–H groups in total. The molecule has 0 saturated heterocycles. The van der Waals surface area contributed by atoms with E-state index in [0.717, 1.165) is 47.8 Å². The van der Waals surface area contributed by atoms with Gasteiger partial charge in [-0.2, -0.15) is 0 Å². The molecule has 18 heavy (non-hydrogen) atoms. The number of hydrogen-bond acceptors (Lipinski definition) is 1.